The second kappa shape index (κ2) is 31.7. The molecule has 0 spiro atoms. The summed E-state index contributed by atoms with van der Waals surface area (Å²) in [6.07, 6.45) is 43.4. The summed E-state index contributed by atoms with van der Waals surface area (Å²) in [4.78, 5) is 11.8. The molecule has 2 heteroatoms. The molecule has 0 N–H and O–H groups in total. The number of unbranched alkanes of at least 4 members (excludes halogenated alkanes) is 18. The van der Waals surface area contributed by atoms with Crippen molar-refractivity contribution < 1.29 is 9.53 Å². The molecule has 0 amide bonds. The molecule has 2 nitrogen and oxygen atoms in total. The fourth-order valence-corrected chi connectivity index (χ4v) is 4.37. The summed E-state index contributed by atoms with van der Waals surface area (Å²) in [5.41, 5.74) is 0. The molecule has 0 saturated carbocycles. The topological polar surface area (TPSA) is 26.3 Å². The van der Waals surface area contributed by atoms with Crippen LogP contribution in [-0.2, 0) is 9.53 Å². The Morgan fingerprint density at radius 3 is 1.33 bits per heavy atom. The number of hydrogen-bond donors (Lipinski definition) is 0. The first-order valence-corrected chi connectivity index (χ1v) is 15.9. The lowest BCUT2D eigenvalue weighted by Gasteiger charge is -2.04. The van der Waals surface area contributed by atoms with Crippen LogP contribution >= 0.6 is 0 Å². The Morgan fingerprint density at radius 1 is 0.472 bits per heavy atom. The summed E-state index contributed by atoms with van der Waals surface area (Å²) in [7, 11) is 0. The fraction of sp³-hybridized carbons (Fsp3) is 0.794. The van der Waals surface area contributed by atoms with Crippen LogP contribution in [0, 0.1) is 0 Å². The van der Waals surface area contributed by atoms with Crippen LogP contribution in [-0.4, -0.2) is 12.6 Å². The van der Waals surface area contributed by atoms with E-state index in [1.807, 2.05) is 0 Å². The molecule has 0 atom stereocenters. The zero-order chi connectivity index (χ0) is 26.2. The minimum absolute atomic E-state index is 0.0341. The third-order valence-electron chi connectivity index (χ3n) is 6.74. The van der Waals surface area contributed by atoms with Crippen molar-refractivity contribution in [2.75, 3.05) is 6.61 Å². The van der Waals surface area contributed by atoms with Gasteiger partial charge >= 0.3 is 5.97 Å². The van der Waals surface area contributed by atoms with Crippen LogP contribution in [0.5, 0.6) is 0 Å². The molecule has 0 unspecified atom stereocenters. The van der Waals surface area contributed by atoms with Gasteiger partial charge in [-0.1, -0.05) is 134 Å². The van der Waals surface area contributed by atoms with Gasteiger partial charge in [-0.15, -0.1) is 0 Å². The van der Waals surface area contributed by atoms with Crippen LogP contribution in [0.1, 0.15) is 168 Å². The van der Waals surface area contributed by atoms with Gasteiger partial charge in [0.2, 0.25) is 0 Å². The molecule has 36 heavy (non-hydrogen) atoms. The molecule has 0 radical (unpaired) electrons. The van der Waals surface area contributed by atoms with Crippen LogP contribution in [0.4, 0.5) is 0 Å². The summed E-state index contributed by atoms with van der Waals surface area (Å²) in [5.74, 6) is -0.0341. The van der Waals surface area contributed by atoms with Gasteiger partial charge in [-0.3, -0.25) is 4.79 Å². The zero-order valence-electron chi connectivity index (χ0n) is 24.5. The van der Waals surface area contributed by atoms with Gasteiger partial charge in [-0.25, -0.2) is 0 Å². The average Bonchev–Trinajstić information content (AvgIpc) is 2.88. The number of hydrogen-bond acceptors (Lipinski definition) is 2. The van der Waals surface area contributed by atoms with E-state index >= 15 is 0 Å². The molecular formula is C34H62O2. The van der Waals surface area contributed by atoms with Crippen molar-refractivity contribution >= 4 is 5.97 Å². The predicted molar refractivity (Wildman–Crippen MR) is 161 cm³/mol. The van der Waals surface area contributed by atoms with E-state index in [4.69, 9.17) is 4.74 Å². The maximum absolute atomic E-state index is 11.8. The van der Waals surface area contributed by atoms with Gasteiger partial charge in [0.25, 0.3) is 0 Å². The van der Waals surface area contributed by atoms with Crippen LogP contribution in [0.2, 0.25) is 0 Å². The zero-order valence-corrected chi connectivity index (χ0v) is 24.5. The number of carbonyl (C=O) groups excluding carboxylic acids is 1. The van der Waals surface area contributed by atoms with Crippen molar-refractivity contribution in [3.05, 3.63) is 36.5 Å². The molecule has 0 aromatic heterocycles. The number of carbonyl (C=O) groups is 1. The first-order valence-electron chi connectivity index (χ1n) is 15.9. The van der Waals surface area contributed by atoms with Gasteiger partial charge in [-0.05, 0) is 64.2 Å². The van der Waals surface area contributed by atoms with Crippen LogP contribution < -0.4 is 0 Å². The van der Waals surface area contributed by atoms with E-state index in [1.165, 1.54) is 122 Å². The maximum Gasteiger partial charge on any atom is 0.306 e. The standard InChI is InChI=1S/C34H62O2/c1-3-5-7-9-11-13-15-17-18-19-20-21-22-24-26-28-30-32-34(35)36-33-31-29-27-25-23-16-14-12-10-8-6-4-2/h6,8-9,11,26,28H,3-5,7,10,12-25,27,29-33H2,1-2H3/b8-6+,11-9-,28-26-. The van der Waals surface area contributed by atoms with Crippen molar-refractivity contribution in [1.29, 1.82) is 0 Å². The highest BCUT2D eigenvalue weighted by Gasteiger charge is 2.01. The lowest BCUT2D eigenvalue weighted by atomic mass is 10.1. The minimum atomic E-state index is -0.0341. The second-order valence-electron chi connectivity index (χ2n) is 10.4. The second-order valence-corrected chi connectivity index (χ2v) is 10.4. The van der Waals surface area contributed by atoms with Gasteiger partial charge in [-0.2, -0.15) is 0 Å². The molecule has 0 fully saturated rings. The summed E-state index contributed by atoms with van der Waals surface area (Å²) in [6, 6.07) is 0. The number of allylic oxidation sites excluding steroid dienone is 6. The van der Waals surface area contributed by atoms with E-state index in [2.05, 4.69) is 50.3 Å². The average molecular weight is 503 g/mol. The van der Waals surface area contributed by atoms with Crippen molar-refractivity contribution in [3.8, 4) is 0 Å². The van der Waals surface area contributed by atoms with Gasteiger partial charge < -0.3 is 4.74 Å². The van der Waals surface area contributed by atoms with Crippen LogP contribution in [0.15, 0.2) is 36.5 Å². The molecule has 210 valence electrons. The molecule has 0 aliphatic carbocycles. The molecule has 0 aliphatic rings. The van der Waals surface area contributed by atoms with E-state index in [1.54, 1.807) is 0 Å². The molecule has 0 aromatic rings. The van der Waals surface area contributed by atoms with Crippen molar-refractivity contribution in [2.45, 2.75) is 168 Å². The molecule has 0 bridgehead atoms. The van der Waals surface area contributed by atoms with E-state index in [9.17, 15) is 4.79 Å². The summed E-state index contributed by atoms with van der Waals surface area (Å²) in [6.45, 7) is 5.04. The lowest BCUT2D eigenvalue weighted by Crippen LogP contribution is -2.05. The highest BCUT2D eigenvalue weighted by atomic mass is 16.5. The van der Waals surface area contributed by atoms with E-state index in [-0.39, 0.29) is 5.97 Å². The molecule has 0 rings (SSSR count). The van der Waals surface area contributed by atoms with Gasteiger partial charge in [0.05, 0.1) is 6.61 Å². The monoisotopic (exact) mass is 502 g/mol. The van der Waals surface area contributed by atoms with Gasteiger partial charge in [0.1, 0.15) is 0 Å². The quantitative estimate of drug-likeness (QED) is 0.0604. The van der Waals surface area contributed by atoms with E-state index in [0.29, 0.717) is 13.0 Å². The number of esters is 1. The van der Waals surface area contributed by atoms with Gasteiger partial charge in [0, 0.05) is 6.42 Å². The Balaban J connectivity index is 3.26. The summed E-state index contributed by atoms with van der Waals surface area (Å²) >= 11 is 0. The smallest absolute Gasteiger partial charge is 0.306 e. The highest BCUT2D eigenvalue weighted by Crippen LogP contribution is 2.12. The van der Waals surface area contributed by atoms with Crippen LogP contribution in [0.3, 0.4) is 0 Å². The molecular weight excluding hydrogens is 440 g/mol. The third kappa shape index (κ3) is 30.7. The summed E-state index contributed by atoms with van der Waals surface area (Å²) < 4.78 is 5.38. The number of rotatable bonds is 28. The molecule has 0 saturated heterocycles. The number of ether oxygens (including phenoxy) is 1. The molecule has 0 aromatic carbocycles. The first-order chi connectivity index (χ1) is 17.8. The Bertz CT molecular complexity index is 517. The van der Waals surface area contributed by atoms with Crippen molar-refractivity contribution in [3.63, 3.8) is 0 Å². The van der Waals surface area contributed by atoms with Crippen LogP contribution in [0.25, 0.3) is 0 Å². The van der Waals surface area contributed by atoms with Crippen molar-refractivity contribution in [1.82, 2.24) is 0 Å². The van der Waals surface area contributed by atoms with E-state index in [0.717, 1.165) is 25.7 Å². The molecule has 0 aliphatic heterocycles. The maximum atomic E-state index is 11.8. The SMILES string of the molecule is CC/C=C/CCCCCCCCCCOC(=O)CC/C=C\CCCCCCCCC/C=C\CCCC. The van der Waals surface area contributed by atoms with E-state index < -0.39 is 0 Å². The first kappa shape index (κ1) is 34.7. The fourth-order valence-electron chi connectivity index (χ4n) is 4.37. The Kier molecular flexibility index (Phi) is 30.6. The van der Waals surface area contributed by atoms with Crippen molar-refractivity contribution in [2.24, 2.45) is 0 Å². The molecule has 0 heterocycles. The third-order valence-corrected chi connectivity index (χ3v) is 6.74. The summed E-state index contributed by atoms with van der Waals surface area (Å²) in [5, 5.41) is 0. The highest BCUT2D eigenvalue weighted by molar-refractivity contribution is 5.69. The Hall–Kier alpha value is -1.31. The Morgan fingerprint density at radius 2 is 0.861 bits per heavy atom. The minimum Gasteiger partial charge on any atom is -0.466 e. The predicted octanol–water partition coefficient (Wildman–Crippen LogP) is 11.6. The normalized spacial score (nSPS) is 11.9. The largest absolute Gasteiger partial charge is 0.466 e. The lowest BCUT2D eigenvalue weighted by molar-refractivity contribution is -0.143. The Labute approximate surface area is 226 Å². The van der Waals surface area contributed by atoms with Gasteiger partial charge in [0.15, 0.2) is 0 Å².